The van der Waals surface area contributed by atoms with Gasteiger partial charge in [-0.05, 0) is 0 Å². The molecule has 0 heterocycles. The molecule has 0 amide bonds. The third-order valence-electron chi connectivity index (χ3n) is 0. The molecule has 0 atom stereocenters. The normalized spacial score (nSPS) is 5.42. The molecule has 0 aliphatic rings. The molecule has 0 aromatic rings. The average Bonchev–Trinajstić information content (AvgIpc) is 1.94. The molecule has 125 valence electrons. The Balaban J connectivity index is -0.0000000161. The Kier molecular flexibility index (Phi) is 124. The van der Waals surface area contributed by atoms with Gasteiger partial charge in [0.15, 0.2) is 0 Å². The minimum atomic E-state index is -4.08. The number of hydrogen-bond acceptors (Lipinski definition) is 15. The van der Waals surface area contributed by atoms with E-state index in [1.54, 1.807) is 0 Å². The third-order valence-corrected chi connectivity index (χ3v) is 0. The fourth-order valence-electron chi connectivity index (χ4n) is 0. The van der Waals surface area contributed by atoms with Gasteiger partial charge < -0.3 is 0 Å². The second kappa shape index (κ2) is 51.8. The Labute approximate surface area is 269 Å². The second-order valence-corrected chi connectivity index (χ2v) is 5.15. The topological polar surface area (TPSA) is 316 Å². The van der Waals surface area contributed by atoms with Crippen molar-refractivity contribution in [3.63, 3.8) is 0 Å². The number of rotatable bonds is 0. The van der Waals surface area contributed by atoms with Crippen LogP contribution in [0.5, 0.6) is 0 Å². The Morgan fingerprint density at radius 2 is 0.417 bits per heavy atom. The summed E-state index contributed by atoms with van der Waals surface area (Å²) in [5.74, 6) is 0. The molecule has 0 spiro atoms. The fraction of sp³-hybridized carbons (Fsp3) is 0. The monoisotopic (exact) mass is 802 g/mol. The maximum Gasteiger partial charge on any atom is 4.00 e. The molecule has 0 aliphatic heterocycles. The summed E-state index contributed by atoms with van der Waals surface area (Å²) in [6.07, 6.45) is 0. The van der Waals surface area contributed by atoms with E-state index in [4.69, 9.17) is 53.5 Å². The van der Waals surface area contributed by atoms with Crippen LogP contribution in [-0.4, -0.2) is 86.6 Å². The molecule has 0 rings (SSSR count). The SMILES string of the molecule is [Ba+2].[Ca+2].[Mn+2].[O]=[Ti]([O-])[O-].[O]=[Ti]([O-])[O-].[O]=[Ti]([O-])[O-].[O]=[Ti]([O-])[O-].[O]=[Ti]([O-])[O-].[Zr+4]. The van der Waals surface area contributed by atoms with Gasteiger partial charge >= 0.3 is 276 Å². The van der Waals surface area contributed by atoms with E-state index < -0.39 is 93.1 Å². The van der Waals surface area contributed by atoms with E-state index in [2.05, 4.69) is 0 Å². The minimum Gasteiger partial charge on any atom is 4.00 e. The van der Waals surface area contributed by atoms with Crippen LogP contribution in [-0.2, 0) is 153 Å². The summed E-state index contributed by atoms with van der Waals surface area (Å²) < 4.78 is 129. The summed E-state index contributed by atoms with van der Waals surface area (Å²) >= 11 is -20.4. The number of hydrogen-bond donors (Lipinski definition) is 0. The van der Waals surface area contributed by atoms with Crippen molar-refractivity contribution in [2.24, 2.45) is 0 Å². The van der Waals surface area contributed by atoms with Crippen LogP contribution in [0, 0.1) is 0 Å². The smallest absolute Gasteiger partial charge is 4.00 e. The summed E-state index contributed by atoms with van der Waals surface area (Å²) in [5, 5.41) is 0. The molecule has 0 saturated carbocycles. The summed E-state index contributed by atoms with van der Waals surface area (Å²) in [4.78, 5) is 0. The maximum atomic E-state index is 8.58. The van der Waals surface area contributed by atoms with Gasteiger partial charge in [0.05, 0.1) is 0 Å². The van der Waals surface area contributed by atoms with E-state index >= 15 is 0 Å². The molecule has 24 heavy (non-hydrogen) atoms. The molecule has 0 aromatic heterocycles. The van der Waals surface area contributed by atoms with Gasteiger partial charge in [0, 0.05) is 0 Å². The average molecular weight is 803 g/mol. The molecule has 0 saturated heterocycles. The zero-order valence-corrected chi connectivity index (χ0v) is 29.0. The van der Waals surface area contributed by atoms with Crippen molar-refractivity contribution in [1.82, 2.24) is 0 Å². The van der Waals surface area contributed by atoms with Gasteiger partial charge in [0.2, 0.25) is 0 Å². The Hall–Kier alpha value is 6.41. The van der Waals surface area contributed by atoms with Gasteiger partial charge in [-0.3, -0.25) is 0 Å². The van der Waals surface area contributed by atoms with Crippen LogP contribution in [0.4, 0.5) is 0 Å². The van der Waals surface area contributed by atoms with E-state index in [1.165, 1.54) is 0 Å². The van der Waals surface area contributed by atoms with Crippen molar-refractivity contribution in [3.05, 3.63) is 0 Å². The van der Waals surface area contributed by atoms with Gasteiger partial charge in [0.1, 0.15) is 0 Å². The first kappa shape index (κ1) is 57.4. The van der Waals surface area contributed by atoms with Crippen molar-refractivity contribution < 1.29 is 190 Å². The molecule has 0 unspecified atom stereocenters. The van der Waals surface area contributed by atoms with Crippen molar-refractivity contribution >= 4 is 86.6 Å². The summed E-state index contributed by atoms with van der Waals surface area (Å²) in [5.41, 5.74) is 0. The van der Waals surface area contributed by atoms with Crippen LogP contribution < -0.4 is 36.9 Å². The summed E-state index contributed by atoms with van der Waals surface area (Å²) in [6.45, 7) is 0. The maximum absolute atomic E-state index is 8.58. The van der Waals surface area contributed by atoms with Gasteiger partial charge in [-0.1, -0.05) is 0 Å². The van der Waals surface area contributed by atoms with E-state index in [1.807, 2.05) is 0 Å². The van der Waals surface area contributed by atoms with Gasteiger partial charge in [-0.2, -0.15) is 0 Å². The minimum absolute atomic E-state index is 0. The van der Waals surface area contributed by atoms with Crippen molar-refractivity contribution in [2.45, 2.75) is 0 Å². The van der Waals surface area contributed by atoms with E-state index in [0.717, 1.165) is 0 Å². The summed E-state index contributed by atoms with van der Waals surface area (Å²) in [6, 6.07) is 0. The van der Waals surface area contributed by atoms with Crippen LogP contribution in [0.25, 0.3) is 0 Å². The molecule has 0 fully saturated rings. The molecule has 15 nitrogen and oxygen atoms in total. The van der Waals surface area contributed by atoms with E-state index in [-0.39, 0.29) is 130 Å². The van der Waals surface area contributed by atoms with Crippen LogP contribution in [0.3, 0.4) is 0 Å². The van der Waals surface area contributed by atoms with Gasteiger partial charge in [-0.15, -0.1) is 0 Å². The molecule has 0 aromatic carbocycles. The molecule has 0 aliphatic carbocycles. The predicted octanol–water partition coefficient (Wildman–Crippen LogP) is -13.3. The first-order valence-electron chi connectivity index (χ1n) is 3.06. The Morgan fingerprint density at radius 3 is 0.417 bits per heavy atom. The molecular weight excluding hydrogens is 803 g/mol. The fourth-order valence-corrected chi connectivity index (χ4v) is 0. The van der Waals surface area contributed by atoms with Crippen molar-refractivity contribution in [3.8, 4) is 0 Å². The molecule has 0 N–H and O–H groups in total. The second-order valence-electron chi connectivity index (χ2n) is 1.25. The molecule has 24 heteroatoms. The van der Waals surface area contributed by atoms with Gasteiger partial charge in [-0.25, -0.2) is 0 Å². The third kappa shape index (κ3) is 520. The van der Waals surface area contributed by atoms with Crippen LogP contribution in [0.2, 0.25) is 0 Å². The predicted molar refractivity (Wildman–Crippen MR) is 14.9 cm³/mol. The first-order chi connectivity index (χ1) is 8.66. The van der Waals surface area contributed by atoms with E-state index in [0.29, 0.717) is 0 Å². The summed E-state index contributed by atoms with van der Waals surface area (Å²) in [7, 11) is 0. The molecular formula is BaCaMnO15Ti5Zr. The van der Waals surface area contributed by atoms with Gasteiger partial charge in [0.25, 0.3) is 0 Å². The first-order valence-corrected chi connectivity index (χ1v) is 12.6. The standard InChI is InChI=1S/Ba.Ca.Mn.15O.5Ti.Zr/q3*+2;;;;;;10*-1;;;;;;+4. The zero-order chi connectivity index (χ0) is 17.9. The molecule has 1 radical (unpaired) electrons. The largest absolute Gasteiger partial charge is 4.00 e. The van der Waals surface area contributed by atoms with Crippen molar-refractivity contribution in [2.75, 3.05) is 0 Å². The van der Waals surface area contributed by atoms with Crippen LogP contribution in [0.1, 0.15) is 0 Å². The zero-order valence-electron chi connectivity index (χ0n) is 10.9. The van der Waals surface area contributed by atoms with Crippen LogP contribution in [0.15, 0.2) is 0 Å². The Bertz CT molecular complexity index is 225. The van der Waals surface area contributed by atoms with E-state index in [9.17, 15) is 0 Å². The van der Waals surface area contributed by atoms with Crippen LogP contribution >= 0.6 is 0 Å². The molecule has 0 bridgehead atoms. The Morgan fingerprint density at radius 1 is 0.417 bits per heavy atom. The van der Waals surface area contributed by atoms with Crippen molar-refractivity contribution in [1.29, 1.82) is 0 Å². The quantitative estimate of drug-likeness (QED) is 0.205.